The number of aromatic nitrogens is 4. The molecule has 3 rings (SSSR count). The van der Waals surface area contributed by atoms with Crippen LogP contribution in [0.15, 0.2) is 18.6 Å². The molecule has 1 aliphatic heterocycles. The minimum atomic E-state index is 0.0311. The Morgan fingerprint density at radius 3 is 3.00 bits per heavy atom. The maximum Gasteiger partial charge on any atom is 0.267 e. The highest BCUT2D eigenvalue weighted by molar-refractivity contribution is 7.07. The molecule has 1 aliphatic rings. The summed E-state index contributed by atoms with van der Waals surface area (Å²) >= 11 is 1.15. The van der Waals surface area contributed by atoms with Crippen LogP contribution in [-0.2, 0) is 7.05 Å². The molecule has 2 aromatic rings. The molecule has 7 heteroatoms. The van der Waals surface area contributed by atoms with E-state index in [1.54, 1.807) is 10.9 Å². The first-order valence-electron chi connectivity index (χ1n) is 6.32. The maximum atomic E-state index is 12.5. The molecule has 100 valence electrons. The summed E-state index contributed by atoms with van der Waals surface area (Å²) in [6.07, 6.45) is 8.56. The van der Waals surface area contributed by atoms with Crippen molar-refractivity contribution in [3.8, 4) is 0 Å². The average molecular weight is 277 g/mol. The highest BCUT2D eigenvalue weighted by Gasteiger charge is 2.30. The first-order chi connectivity index (χ1) is 9.25. The van der Waals surface area contributed by atoms with Crippen molar-refractivity contribution in [3.63, 3.8) is 0 Å². The summed E-state index contributed by atoms with van der Waals surface area (Å²) in [7, 11) is 1.89. The SMILES string of the molecule is Cn1cc([C@@H]2CCCCN2C(=O)c2cnns2)cn1. The van der Waals surface area contributed by atoms with E-state index in [9.17, 15) is 4.79 Å². The fourth-order valence-electron chi connectivity index (χ4n) is 2.54. The molecule has 0 aromatic carbocycles. The number of piperidine rings is 1. The van der Waals surface area contributed by atoms with E-state index >= 15 is 0 Å². The van der Waals surface area contributed by atoms with Gasteiger partial charge in [-0.3, -0.25) is 9.48 Å². The van der Waals surface area contributed by atoms with Crippen LogP contribution in [-0.4, -0.2) is 36.7 Å². The van der Waals surface area contributed by atoms with Crippen molar-refractivity contribution >= 4 is 17.4 Å². The lowest BCUT2D eigenvalue weighted by Gasteiger charge is -2.34. The van der Waals surface area contributed by atoms with E-state index in [1.165, 1.54) is 0 Å². The Hall–Kier alpha value is -1.76. The molecule has 0 bridgehead atoms. The Bertz CT molecular complexity index is 564. The van der Waals surface area contributed by atoms with Crippen molar-refractivity contribution in [2.45, 2.75) is 25.3 Å². The van der Waals surface area contributed by atoms with Gasteiger partial charge >= 0.3 is 0 Å². The first kappa shape index (κ1) is 12.3. The van der Waals surface area contributed by atoms with Gasteiger partial charge in [-0.05, 0) is 30.8 Å². The molecular weight excluding hydrogens is 262 g/mol. The predicted octanol–water partition coefficient (Wildman–Crippen LogP) is 1.64. The van der Waals surface area contributed by atoms with E-state index < -0.39 is 0 Å². The van der Waals surface area contributed by atoms with Crippen molar-refractivity contribution in [2.24, 2.45) is 7.05 Å². The van der Waals surface area contributed by atoms with Crippen LogP contribution in [0.4, 0.5) is 0 Å². The average Bonchev–Trinajstić information content (AvgIpc) is 3.09. The smallest absolute Gasteiger partial charge is 0.267 e. The van der Waals surface area contributed by atoms with E-state index in [2.05, 4.69) is 14.7 Å². The highest BCUT2D eigenvalue weighted by Crippen LogP contribution is 2.32. The lowest BCUT2D eigenvalue weighted by molar-refractivity contribution is 0.0616. The Kier molecular flexibility index (Phi) is 3.29. The van der Waals surface area contributed by atoms with Gasteiger partial charge in [0.1, 0.15) is 4.88 Å². The van der Waals surface area contributed by atoms with Gasteiger partial charge in [0.2, 0.25) is 0 Å². The van der Waals surface area contributed by atoms with Gasteiger partial charge in [-0.1, -0.05) is 4.49 Å². The fraction of sp³-hybridized carbons (Fsp3) is 0.500. The molecule has 0 spiro atoms. The second-order valence-corrected chi connectivity index (χ2v) is 5.52. The number of hydrogen-bond acceptors (Lipinski definition) is 5. The summed E-state index contributed by atoms with van der Waals surface area (Å²) in [6.45, 7) is 0.788. The van der Waals surface area contributed by atoms with Crippen LogP contribution >= 0.6 is 11.5 Å². The predicted molar refractivity (Wildman–Crippen MR) is 70.7 cm³/mol. The molecule has 6 nitrogen and oxygen atoms in total. The number of likely N-dealkylation sites (tertiary alicyclic amines) is 1. The zero-order valence-electron chi connectivity index (χ0n) is 10.7. The van der Waals surface area contributed by atoms with Crippen molar-refractivity contribution in [1.29, 1.82) is 0 Å². The van der Waals surface area contributed by atoms with Gasteiger partial charge in [-0.25, -0.2) is 0 Å². The quantitative estimate of drug-likeness (QED) is 0.837. The summed E-state index contributed by atoms with van der Waals surface area (Å²) in [4.78, 5) is 15.0. The van der Waals surface area contributed by atoms with Gasteiger partial charge in [0.15, 0.2) is 0 Å². The van der Waals surface area contributed by atoms with Crippen LogP contribution in [0, 0.1) is 0 Å². The van der Waals surface area contributed by atoms with Crippen LogP contribution in [0.25, 0.3) is 0 Å². The molecule has 0 radical (unpaired) electrons. The number of aryl methyl sites for hydroxylation is 1. The molecule has 0 unspecified atom stereocenters. The molecule has 1 fully saturated rings. The zero-order chi connectivity index (χ0) is 13.2. The lowest BCUT2D eigenvalue weighted by atomic mass is 9.97. The fourth-order valence-corrected chi connectivity index (χ4v) is 3.01. The largest absolute Gasteiger partial charge is 0.331 e. The topological polar surface area (TPSA) is 63.9 Å². The minimum Gasteiger partial charge on any atom is -0.331 e. The van der Waals surface area contributed by atoms with Crippen molar-refractivity contribution in [1.82, 2.24) is 24.3 Å². The second kappa shape index (κ2) is 5.08. The molecule has 2 aromatic heterocycles. The number of amides is 1. The normalized spacial score (nSPS) is 19.6. The monoisotopic (exact) mass is 277 g/mol. The summed E-state index contributed by atoms with van der Waals surface area (Å²) in [5, 5.41) is 7.95. The number of carbonyl (C=O) groups excluding carboxylic acids is 1. The summed E-state index contributed by atoms with van der Waals surface area (Å²) in [6, 6.07) is 0.122. The Morgan fingerprint density at radius 2 is 2.32 bits per heavy atom. The molecule has 0 saturated carbocycles. The summed E-state index contributed by atoms with van der Waals surface area (Å²) in [5.74, 6) is 0.0311. The van der Waals surface area contributed by atoms with E-state index in [0.717, 1.165) is 42.9 Å². The van der Waals surface area contributed by atoms with Gasteiger partial charge in [0, 0.05) is 25.4 Å². The molecule has 1 amide bonds. The molecular formula is C12H15N5OS. The Morgan fingerprint density at radius 1 is 1.42 bits per heavy atom. The van der Waals surface area contributed by atoms with Gasteiger partial charge in [-0.2, -0.15) is 5.10 Å². The highest BCUT2D eigenvalue weighted by atomic mass is 32.1. The third kappa shape index (κ3) is 2.37. The third-order valence-electron chi connectivity index (χ3n) is 3.45. The van der Waals surface area contributed by atoms with Crippen LogP contribution < -0.4 is 0 Å². The minimum absolute atomic E-state index is 0.0311. The molecule has 1 atom stereocenters. The van der Waals surface area contributed by atoms with Crippen molar-refractivity contribution < 1.29 is 4.79 Å². The molecule has 0 N–H and O–H groups in total. The van der Waals surface area contributed by atoms with Crippen molar-refractivity contribution in [2.75, 3.05) is 6.54 Å². The maximum absolute atomic E-state index is 12.5. The van der Waals surface area contributed by atoms with Crippen LogP contribution in [0.5, 0.6) is 0 Å². The van der Waals surface area contributed by atoms with Gasteiger partial charge in [-0.15, -0.1) is 5.10 Å². The van der Waals surface area contributed by atoms with E-state index in [0.29, 0.717) is 4.88 Å². The first-order valence-corrected chi connectivity index (χ1v) is 7.10. The molecule has 19 heavy (non-hydrogen) atoms. The van der Waals surface area contributed by atoms with E-state index in [4.69, 9.17) is 0 Å². The van der Waals surface area contributed by atoms with Crippen LogP contribution in [0.1, 0.15) is 40.5 Å². The van der Waals surface area contributed by atoms with E-state index in [1.807, 2.05) is 24.3 Å². The summed E-state index contributed by atoms with van der Waals surface area (Å²) in [5.41, 5.74) is 1.10. The lowest BCUT2D eigenvalue weighted by Crippen LogP contribution is -2.38. The van der Waals surface area contributed by atoms with Gasteiger partial charge in [0.05, 0.1) is 18.4 Å². The standard InChI is InChI=1S/C12H15N5OS/c1-16-8-9(6-14-16)10-4-2-3-5-17(10)12(18)11-7-13-15-19-11/h6-8,10H,2-5H2,1H3/t10-/m0/s1. The number of carbonyl (C=O) groups is 1. The Balaban J connectivity index is 1.87. The van der Waals surface area contributed by atoms with E-state index in [-0.39, 0.29) is 11.9 Å². The second-order valence-electron chi connectivity index (χ2n) is 4.74. The van der Waals surface area contributed by atoms with Crippen LogP contribution in [0.3, 0.4) is 0 Å². The van der Waals surface area contributed by atoms with Crippen molar-refractivity contribution in [3.05, 3.63) is 29.0 Å². The molecule has 1 saturated heterocycles. The number of rotatable bonds is 2. The van der Waals surface area contributed by atoms with Gasteiger partial charge < -0.3 is 4.90 Å². The number of hydrogen-bond donors (Lipinski definition) is 0. The zero-order valence-corrected chi connectivity index (χ0v) is 11.5. The molecule has 0 aliphatic carbocycles. The van der Waals surface area contributed by atoms with Crippen LogP contribution in [0.2, 0.25) is 0 Å². The Labute approximate surface area is 115 Å². The third-order valence-corrected chi connectivity index (χ3v) is 4.10. The molecule has 3 heterocycles. The number of nitrogens with zero attached hydrogens (tertiary/aromatic N) is 5. The summed E-state index contributed by atoms with van der Waals surface area (Å²) < 4.78 is 5.55. The van der Waals surface area contributed by atoms with Gasteiger partial charge in [0.25, 0.3) is 5.91 Å².